The summed E-state index contributed by atoms with van der Waals surface area (Å²) in [6.07, 6.45) is 4.29. The van der Waals surface area contributed by atoms with Crippen molar-refractivity contribution in [3.63, 3.8) is 0 Å². The molecule has 0 saturated carbocycles. The molecule has 300 valence electrons. The Kier molecular flexibility index (Phi) is 9.01. The van der Waals surface area contributed by atoms with Crippen LogP contribution in [0.25, 0.3) is 49.9 Å². The van der Waals surface area contributed by atoms with Crippen molar-refractivity contribution in [1.29, 1.82) is 0 Å². The first-order valence-electron chi connectivity index (χ1n) is 21.4. The molecular formula is C55H46BN5O. The van der Waals surface area contributed by atoms with Gasteiger partial charge < -0.3 is 19.3 Å². The largest absolute Gasteiger partial charge is 0.457 e. The quantitative estimate of drug-likeness (QED) is 0.150. The zero-order valence-corrected chi connectivity index (χ0v) is 35.4. The first-order valence-corrected chi connectivity index (χ1v) is 21.4. The highest BCUT2D eigenvalue weighted by Crippen LogP contribution is 2.47. The number of hydrogen-bond donors (Lipinski definition) is 0. The highest BCUT2D eigenvalue weighted by atomic mass is 16.5. The molecule has 0 amide bonds. The van der Waals surface area contributed by atoms with Gasteiger partial charge in [-0.25, -0.2) is 4.98 Å². The maximum Gasteiger partial charge on any atom is 0.342 e. The van der Waals surface area contributed by atoms with Crippen LogP contribution in [0.3, 0.4) is 0 Å². The standard InChI is InChI=1S/C55H46BN5O/c1-55(2,3)40-31-32-57-53(33-40)61-48-26-15-14-23-46(48)47-29-27-42(34-50(47)61)62-43-28-30-49-51(35-43)60-37-59(36-52(60)56(58(49)4)41-21-12-7-13-22-41)54-44(38-17-8-5-9-18-38)24-16-25-45(54)39-19-10-6-11-20-39/h5-36H,37H2,1-4H3. The fourth-order valence-electron chi connectivity index (χ4n) is 9.48. The van der Waals surface area contributed by atoms with Gasteiger partial charge >= 0.3 is 6.85 Å². The van der Waals surface area contributed by atoms with Crippen LogP contribution in [-0.2, 0) is 5.41 Å². The highest BCUT2D eigenvalue weighted by molar-refractivity contribution is 6.84. The van der Waals surface area contributed by atoms with Crippen LogP contribution in [0.1, 0.15) is 26.3 Å². The number of aromatic nitrogens is 2. The number of fused-ring (bicyclic) bond motifs is 6. The molecule has 0 saturated heterocycles. The Morgan fingerprint density at radius 3 is 1.92 bits per heavy atom. The Bertz CT molecular complexity index is 3100. The van der Waals surface area contributed by atoms with E-state index in [0.717, 1.165) is 45.1 Å². The number of rotatable bonds is 7. The van der Waals surface area contributed by atoms with E-state index in [4.69, 9.17) is 9.72 Å². The molecule has 0 bridgehead atoms. The number of nitrogens with zero attached hydrogens (tertiary/aromatic N) is 5. The molecule has 2 aliphatic rings. The zero-order chi connectivity index (χ0) is 42.0. The van der Waals surface area contributed by atoms with Gasteiger partial charge in [0, 0.05) is 57.7 Å². The lowest BCUT2D eigenvalue weighted by atomic mass is 9.50. The fraction of sp³-hybridized carbons (Fsp3) is 0.109. The number of anilines is 3. The summed E-state index contributed by atoms with van der Waals surface area (Å²) < 4.78 is 9.14. The molecule has 0 N–H and O–H groups in total. The van der Waals surface area contributed by atoms with Gasteiger partial charge in [-0.3, -0.25) is 4.57 Å². The van der Waals surface area contributed by atoms with Gasteiger partial charge in [0.25, 0.3) is 0 Å². The molecule has 0 unspecified atom stereocenters. The molecule has 11 rings (SSSR count). The minimum absolute atomic E-state index is 0.000692. The molecule has 0 radical (unpaired) electrons. The van der Waals surface area contributed by atoms with Crippen molar-refractivity contribution < 1.29 is 4.74 Å². The van der Waals surface area contributed by atoms with Crippen molar-refractivity contribution in [1.82, 2.24) is 9.55 Å². The Morgan fingerprint density at radius 2 is 1.21 bits per heavy atom. The predicted molar refractivity (Wildman–Crippen MR) is 259 cm³/mol. The molecular weight excluding hydrogens is 757 g/mol. The number of ether oxygens (including phenoxy) is 1. The number of para-hydroxylation sites is 2. The molecule has 7 heteroatoms. The zero-order valence-electron chi connectivity index (χ0n) is 35.4. The van der Waals surface area contributed by atoms with E-state index < -0.39 is 0 Å². The Balaban J connectivity index is 1.02. The topological polar surface area (TPSA) is 36.8 Å². The van der Waals surface area contributed by atoms with Gasteiger partial charge in [0.1, 0.15) is 17.3 Å². The van der Waals surface area contributed by atoms with E-state index in [-0.39, 0.29) is 12.3 Å². The Hall–Kier alpha value is -7.51. The summed E-state index contributed by atoms with van der Waals surface area (Å²) in [6, 6.07) is 64.9. The number of benzene rings is 7. The van der Waals surface area contributed by atoms with Crippen LogP contribution >= 0.6 is 0 Å². The summed E-state index contributed by atoms with van der Waals surface area (Å²) in [4.78, 5) is 12.2. The molecule has 0 aliphatic carbocycles. The monoisotopic (exact) mass is 803 g/mol. The lowest BCUT2D eigenvalue weighted by molar-refractivity contribution is 0.483. The molecule has 4 heterocycles. The van der Waals surface area contributed by atoms with E-state index in [1.807, 2.05) is 6.20 Å². The molecule has 0 spiro atoms. The number of hydrogen-bond acceptors (Lipinski definition) is 5. The van der Waals surface area contributed by atoms with Crippen LogP contribution in [0.2, 0.25) is 0 Å². The first-order chi connectivity index (χ1) is 30.3. The molecule has 2 aliphatic heterocycles. The third-order valence-electron chi connectivity index (χ3n) is 12.5. The van der Waals surface area contributed by atoms with Crippen LogP contribution < -0.4 is 24.8 Å². The summed E-state index contributed by atoms with van der Waals surface area (Å²) >= 11 is 0. The van der Waals surface area contributed by atoms with E-state index in [1.54, 1.807) is 0 Å². The van der Waals surface area contributed by atoms with Gasteiger partial charge in [0.15, 0.2) is 0 Å². The van der Waals surface area contributed by atoms with E-state index in [2.05, 4.69) is 235 Å². The first kappa shape index (κ1) is 37.5. The van der Waals surface area contributed by atoms with Crippen LogP contribution in [0.5, 0.6) is 11.5 Å². The third-order valence-corrected chi connectivity index (χ3v) is 12.5. The molecule has 0 atom stereocenters. The molecule has 0 fully saturated rings. The van der Waals surface area contributed by atoms with Crippen molar-refractivity contribution in [3.8, 4) is 39.6 Å². The third kappa shape index (κ3) is 6.40. The number of pyridine rings is 1. The summed E-state index contributed by atoms with van der Waals surface area (Å²) in [7, 11) is 2.21. The minimum atomic E-state index is -0.0107. The van der Waals surface area contributed by atoms with Gasteiger partial charge in [-0.05, 0) is 77.1 Å². The van der Waals surface area contributed by atoms with E-state index in [0.29, 0.717) is 6.67 Å². The maximum atomic E-state index is 6.87. The molecule has 62 heavy (non-hydrogen) atoms. The van der Waals surface area contributed by atoms with Gasteiger partial charge in [0.2, 0.25) is 0 Å². The van der Waals surface area contributed by atoms with Gasteiger partial charge in [-0.15, -0.1) is 0 Å². The molecule has 6 nitrogen and oxygen atoms in total. The van der Waals surface area contributed by atoms with Gasteiger partial charge in [0.05, 0.1) is 29.1 Å². The second kappa shape index (κ2) is 14.9. The van der Waals surface area contributed by atoms with E-state index in [1.165, 1.54) is 50.0 Å². The lowest BCUT2D eigenvalue weighted by Crippen LogP contribution is -2.55. The fourth-order valence-corrected chi connectivity index (χ4v) is 9.48. The molecule has 2 aromatic heterocycles. The SMILES string of the molecule is CN1B(c2ccccc2)C2=CN(c3c(-c4ccccc4)cccc3-c3ccccc3)CN2c2cc(Oc3ccc4c5ccccc5n(-c5cc(C(C)(C)C)ccn5)c4c3)ccc21. The lowest BCUT2D eigenvalue weighted by Gasteiger charge is -2.41. The van der Waals surface area contributed by atoms with E-state index in [9.17, 15) is 0 Å². The summed E-state index contributed by atoms with van der Waals surface area (Å²) in [6.45, 7) is 7.36. The molecule has 7 aromatic carbocycles. The van der Waals surface area contributed by atoms with Gasteiger partial charge in [-0.2, -0.15) is 0 Å². The van der Waals surface area contributed by atoms with Crippen molar-refractivity contribution >= 4 is 51.2 Å². The van der Waals surface area contributed by atoms with Crippen LogP contribution in [0.15, 0.2) is 200 Å². The van der Waals surface area contributed by atoms with Crippen molar-refractivity contribution in [3.05, 3.63) is 206 Å². The predicted octanol–water partition coefficient (Wildman–Crippen LogP) is 12.6. The van der Waals surface area contributed by atoms with Crippen LogP contribution in [0, 0.1) is 0 Å². The van der Waals surface area contributed by atoms with Crippen molar-refractivity contribution in [2.45, 2.75) is 26.2 Å². The Morgan fingerprint density at radius 1 is 0.581 bits per heavy atom. The Labute approximate surface area is 363 Å². The highest BCUT2D eigenvalue weighted by Gasteiger charge is 2.42. The summed E-state index contributed by atoms with van der Waals surface area (Å²) in [5, 5.41) is 2.34. The average Bonchev–Trinajstić information content (AvgIpc) is 3.89. The van der Waals surface area contributed by atoms with Crippen molar-refractivity contribution in [2.24, 2.45) is 0 Å². The second-order valence-corrected chi connectivity index (χ2v) is 17.4. The normalized spacial score (nSPS) is 13.7. The maximum absolute atomic E-state index is 6.87. The summed E-state index contributed by atoms with van der Waals surface area (Å²) in [5.41, 5.74) is 14.0. The van der Waals surface area contributed by atoms with Crippen LogP contribution in [0.4, 0.5) is 17.1 Å². The second-order valence-electron chi connectivity index (χ2n) is 17.4. The molecule has 9 aromatic rings. The average molecular weight is 804 g/mol. The summed E-state index contributed by atoms with van der Waals surface area (Å²) in [5.74, 6) is 2.44. The van der Waals surface area contributed by atoms with E-state index >= 15 is 0 Å². The van der Waals surface area contributed by atoms with Crippen molar-refractivity contribution in [2.75, 3.05) is 28.3 Å². The smallest absolute Gasteiger partial charge is 0.342 e. The van der Waals surface area contributed by atoms with Crippen LogP contribution in [-0.4, -0.2) is 30.1 Å². The van der Waals surface area contributed by atoms with Gasteiger partial charge in [-0.1, -0.05) is 148 Å². The minimum Gasteiger partial charge on any atom is -0.457 e.